The summed E-state index contributed by atoms with van der Waals surface area (Å²) in [5.74, 6) is 2.07. The minimum absolute atomic E-state index is 0.187. The first kappa shape index (κ1) is 15.1. The zero-order valence-electron chi connectivity index (χ0n) is 13.6. The van der Waals surface area contributed by atoms with Crippen LogP contribution in [-0.4, -0.2) is 29.6 Å². The third-order valence-corrected chi connectivity index (χ3v) is 6.07. The van der Waals surface area contributed by atoms with Gasteiger partial charge in [0.25, 0.3) is 0 Å². The van der Waals surface area contributed by atoms with Gasteiger partial charge in [0.2, 0.25) is 5.91 Å². The Morgan fingerprint density at radius 3 is 2.96 bits per heavy atom. The van der Waals surface area contributed by atoms with Crippen LogP contribution in [0.3, 0.4) is 0 Å². The molecule has 0 spiro atoms. The van der Waals surface area contributed by atoms with E-state index < -0.39 is 0 Å². The molecule has 3 fully saturated rings. The SMILES string of the molecule is O=C(CCc1cccnc1)N[C@H]1[C@@H]2CCO[C@@H]2[C@@H]1C1CCCC1. The Labute approximate surface area is 138 Å². The molecule has 0 bridgehead atoms. The smallest absolute Gasteiger partial charge is 0.220 e. The summed E-state index contributed by atoms with van der Waals surface area (Å²) in [5, 5.41) is 3.35. The first-order valence-corrected chi connectivity index (χ1v) is 9.13. The number of carbonyl (C=O) groups is 1. The summed E-state index contributed by atoms with van der Waals surface area (Å²) in [4.78, 5) is 16.5. The Bertz CT molecular complexity index is 537. The van der Waals surface area contributed by atoms with Crippen LogP contribution < -0.4 is 5.32 Å². The minimum atomic E-state index is 0.187. The summed E-state index contributed by atoms with van der Waals surface area (Å²) in [6.45, 7) is 0.876. The van der Waals surface area contributed by atoms with Crippen LogP contribution >= 0.6 is 0 Å². The number of aromatic nitrogens is 1. The standard InChI is InChI=1S/C19H26N2O2/c22-16(8-7-13-4-3-10-20-12-13)21-18-15-9-11-23-19(15)17(18)14-5-1-2-6-14/h3-4,10,12,14-15,17-19H,1-2,5-9,11H2,(H,21,22)/t15-,17+,18-,19-/m0/s1. The highest BCUT2D eigenvalue weighted by Gasteiger charge is 2.56. The van der Waals surface area contributed by atoms with Crippen LogP contribution in [-0.2, 0) is 16.0 Å². The Morgan fingerprint density at radius 1 is 1.30 bits per heavy atom. The lowest BCUT2D eigenvalue weighted by Crippen LogP contribution is -2.63. The number of aryl methyl sites for hydroxylation is 1. The number of hydrogen-bond donors (Lipinski definition) is 1. The Morgan fingerprint density at radius 2 is 2.17 bits per heavy atom. The second kappa shape index (κ2) is 6.60. The first-order chi connectivity index (χ1) is 11.3. The van der Waals surface area contributed by atoms with Crippen LogP contribution in [0.25, 0.3) is 0 Å². The lowest BCUT2D eigenvalue weighted by molar-refractivity contribution is -0.129. The fraction of sp³-hybridized carbons (Fsp3) is 0.684. The fourth-order valence-corrected chi connectivity index (χ4v) is 4.92. The summed E-state index contributed by atoms with van der Waals surface area (Å²) >= 11 is 0. The van der Waals surface area contributed by atoms with E-state index in [9.17, 15) is 4.79 Å². The molecule has 1 aromatic heterocycles. The van der Waals surface area contributed by atoms with Gasteiger partial charge in [0.1, 0.15) is 0 Å². The third-order valence-electron chi connectivity index (χ3n) is 6.07. The van der Waals surface area contributed by atoms with Crippen molar-refractivity contribution in [2.75, 3.05) is 6.61 Å². The highest BCUT2D eigenvalue weighted by molar-refractivity contribution is 5.76. The molecule has 0 aromatic carbocycles. The number of ether oxygens (including phenoxy) is 1. The van der Waals surface area contributed by atoms with Crippen LogP contribution in [0.5, 0.6) is 0 Å². The molecule has 0 unspecified atom stereocenters. The molecule has 124 valence electrons. The van der Waals surface area contributed by atoms with E-state index in [0.29, 0.717) is 30.4 Å². The maximum absolute atomic E-state index is 12.4. The van der Waals surface area contributed by atoms with Crippen molar-refractivity contribution in [3.05, 3.63) is 30.1 Å². The van der Waals surface area contributed by atoms with E-state index in [1.807, 2.05) is 18.3 Å². The summed E-state index contributed by atoms with van der Waals surface area (Å²) in [6.07, 6.45) is 11.8. The molecule has 1 aromatic rings. The lowest BCUT2D eigenvalue weighted by atomic mass is 9.61. The van der Waals surface area contributed by atoms with Crippen molar-refractivity contribution in [1.82, 2.24) is 10.3 Å². The van der Waals surface area contributed by atoms with Gasteiger partial charge in [-0.2, -0.15) is 0 Å². The van der Waals surface area contributed by atoms with Crippen molar-refractivity contribution < 1.29 is 9.53 Å². The quantitative estimate of drug-likeness (QED) is 0.909. The van der Waals surface area contributed by atoms with E-state index >= 15 is 0 Å². The number of fused-ring (bicyclic) bond motifs is 1. The van der Waals surface area contributed by atoms with Gasteiger partial charge in [0, 0.05) is 43.3 Å². The molecular weight excluding hydrogens is 288 g/mol. The predicted molar refractivity (Wildman–Crippen MR) is 87.8 cm³/mol. The molecule has 1 aliphatic heterocycles. The van der Waals surface area contributed by atoms with Crippen molar-refractivity contribution in [3.63, 3.8) is 0 Å². The molecule has 4 atom stereocenters. The molecule has 2 saturated carbocycles. The number of pyridine rings is 1. The second-order valence-corrected chi connectivity index (χ2v) is 7.36. The van der Waals surface area contributed by atoms with Crippen molar-refractivity contribution in [3.8, 4) is 0 Å². The molecule has 1 saturated heterocycles. The van der Waals surface area contributed by atoms with Gasteiger partial charge in [-0.3, -0.25) is 9.78 Å². The van der Waals surface area contributed by atoms with Gasteiger partial charge >= 0.3 is 0 Å². The predicted octanol–water partition coefficient (Wildman–Crippen LogP) is 2.72. The number of nitrogens with one attached hydrogen (secondary N) is 1. The average molecular weight is 314 g/mol. The number of amides is 1. The molecule has 3 aliphatic rings. The van der Waals surface area contributed by atoms with Crippen LogP contribution in [0.2, 0.25) is 0 Å². The third kappa shape index (κ3) is 3.01. The van der Waals surface area contributed by atoms with E-state index in [2.05, 4.69) is 10.3 Å². The highest BCUT2D eigenvalue weighted by Crippen LogP contribution is 2.51. The van der Waals surface area contributed by atoms with E-state index in [-0.39, 0.29) is 5.91 Å². The molecule has 1 N–H and O–H groups in total. The van der Waals surface area contributed by atoms with Gasteiger partial charge in [0.15, 0.2) is 0 Å². The Kier molecular flexibility index (Phi) is 4.34. The minimum Gasteiger partial charge on any atom is -0.377 e. The van der Waals surface area contributed by atoms with E-state index in [1.165, 1.54) is 25.7 Å². The monoisotopic (exact) mass is 314 g/mol. The second-order valence-electron chi connectivity index (χ2n) is 7.36. The van der Waals surface area contributed by atoms with Crippen molar-refractivity contribution in [1.29, 1.82) is 0 Å². The van der Waals surface area contributed by atoms with E-state index in [0.717, 1.165) is 30.9 Å². The summed E-state index contributed by atoms with van der Waals surface area (Å²) in [6, 6.07) is 4.31. The van der Waals surface area contributed by atoms with Gasteiger partial charge in [-0.25, -0.2) is 0 Å². The number of hydrogen-bond acceptors (Lipinski definition) is 3. The summed E-state index contributed by atoms with van der Waals surface area (Å²) in [5.41, 5.74) is 1.13. The van der Waals surface area contributed by atoms with Crippen LogP contribution in [0.15, 0.2) is 24.5 Å². The molecule has 4 rings (SSSR count). The van der Waals surface area contributed by atoms with Gasteiger partial charge in [-0.1, -0.05) is 31.7 Å². The molecule has 1 amide bonds. The molecule has 4 heteroatoms. The van der Waals surface area contributed by atoms with E-state index in [1.54, 1.807) is 6.20 Å². The van der Waals surface area contributed by atoms with Crippen LogP contribution in [0.1, 0.15) is 44.1 Å². The lowest BCUT2D eigenvalue weighted by Gasteiger charge is -2.50. The van der Waals surface area contributed by atoms with Gasteiger partial charge in [-0.05, 0) is 30.4 Å². The maximum Gasteiger partial charge on any atom is 0.220 e. The average Bonchev–Trinajstić information content (AvgIpc) is 3.23. The molecule has 2 aliphatic carbocycles. The molecular formula is C19H26N2O2. The van der Waals surface area contributed by atoms with Gasteiger partial charge < -0.3 is 10.1 Å². The largest absolute Gasteiger partial charge is 0.377 e. The van der Waals surface area contributed by atoms with Crippen molar-refractivity contribution in [2.45, 2.75) is 57.1 Å². The molecule has 23 heavy (non-hydrogen) atoms. The molecule has 4 nitrogen and oxygen atoms in total. The van der Waals surface area contributed by atoms with E-state index in [4.69, 9.17) is 4.74 Å². The summed E-state index contributed by atoms with van der Waals surface area (Å²) < 4.78 is 5.96. The van der Waals surface area contributed by atoms with Crippen molar-refractivity contribution in [2.24, 2.45) is 17.8 Å². The number of carbonyl (C=O) groups excluding carboxylic acids is 1. The number of nitrogens with zero attached hydrogens (tertiary/aromatic N) is 1. The Hall–Kier alpha value is -1.42. The normalized spacial score (nSPS) is 33.2. The van der Waals surface area contributed by atoms with Crippen LogP contribution in [0.4, 0.5) is 0 Å². The molecule has 0 radical (unpaired) electrons. The van der Waals surface area contributed by atoms with Gasteiger partial charge in [-0.15, -0.1) is 0 Å². The zero-order chi connectivity index (χ0) is 15.6. The first-order valence-electron chi connectivity index (χ1n) is 9.13. The highest BCUT2D eigenvalue weighted by atomic mass is 16.5. The Balaban J connectivity index is 1.34. The molecule has 2 heterocycles. The maximum atomic E-state index is 12.4. The van der Waals surface area contributed by atoms with Crippen LogP contribution in [0, 0.1) is 17.8 Å². The fourth-order valence-electron chi connectivity index (χ4n) is 4.92. The summed E-state index contributed by atoms with van der Waals surface area (Å²) in [7, 11) is 0. The van der Waals surface area contributed by atoms with Gasteiger partial charge in [0.05, 0.1) is 6.10 Å². The van der Waals surface area contributed by atoms with Crippen molar-refractivity contribution >= 4 is 5.91 Å². The zero-order valence-corrected chi connectivity index (χ0v) is 13.6. The topological polar surface area (TPSA) is 51.2 Å². The number of rotatable bonds is 5.